The fraction of sp³-hybridized carbons (Fsp3) is 0.167. The third-order valence-electron chi connectivity index (χ3n) is 3.48. The molecule has 134 valence electrons. The van der Waals surface area contributed by atoms with Crippen LogP contribution in [-0.2, 0) is 4.79 Å². The van der Waals surface area contributed by atoms with Gasteiger partial charge < -0.3 is 9.84 Å². The van der Waals surface area contributed by atoms with E-state index in [-0.39, 0.29) is 29.2 Å². The zero-order valence-electron chi connectivity index (χ0n) is 13.8. The molecule has 0 radical (unpaired) electrons. The van der Waals surface area contributed by atoms with Gasteiger partial charge in [0.1, 0.15) is 17.7 Å². The van der Waals surface area contributed by atoms with Crippen molar-refractivity contribution in [2.75, 3.05) is 5.75 Å². The molecule has 26 heavy (non-hydrogen) atoms. The van der Waals surface area contributed by atoms with Crippen molar-refractivity contribution in [2.45, 2.75) is 17.9 Å². The zero-order valence-corrected chi connectivity index (χ0v) is 14.6. The maximum Gasteiger partial charge on any atom is 0.249 e. The Morgan fingerprint density at radius 3 is 2.38 bits per heavy atom. The van der Waals surface area contributed by atoms with Gasteiger partial charge in [0, 0.05) is 10.5 Å². The summed E-state index contributed by atoms with van der Waals surface area (Å²) in [6, 6.07) is 11.2. The summed E-state index contributed by atoms with van der Waals surface area (Å²) in [6.45, 7) is 1.72. The number of amides is 1. The Bertz CT molecular complexity index is 882. The Hall–Kier alpha value is -2.74. The molecule has 0 fully saturated rings. The highest BCUT2D eigenvalue weighted by molar-refractivity contribution is 8.00. The van der Waals surface area contributed by atoms with Gasteiger partial charge in [-0.3, -0.25) is 4.79 Å². The van der Waals surface area contributed by atoms with E-state index in [1.54, 1.807) is 31.2 Å². The number of nitrogens with zero attached hydrogens (tertiary/aromatic N) is 2. The van der Waals surface area contributed by atoms with E-state index in [2.05, 4.69) is 15.5 Å². The predicted molar refractivity (Wildman–Crippen MR) is 93.4 cm³/mol. The maximum absolute atomic E-state index is 13.0. The number of rotatable bonds is 6. The van der Waals surface area contributed by atoms with Crippen molar-refractivity contribution in [1.29, 1.82) is 0 Å². The maximum atomic E-state index is 13.0. The SMILES string of the molecule is C[C@H](NC(=O)CSc1ccc(F)cc1)c1nc(-c2ccc(F)cc2)no1. The second kappa shape index (κ2) is 8.09. The number of hydrogen-bond acceptors (Lipinski definition) is 5. The summed E-state index contributed by atoms with van der Waals surface area (Å²) in [5, 5.41) is 6.61. The smallest absolute Gasteiger partial charge is 0.249 e. The van der Waals surface area contributed by atoms with Gasteiger partial charge in [-0.15, -0.1) is 11.8 Å². The Labute approximate surface area is 152 Å². The number of thioether (sulfide) groups is 1. The molecule has 1 heterocycles. The van der Waals surface area contributed by atoms with Gasteiger partial charge in [-0.2, -0.15) is 4.98 Å². The summed E-state index contributed by atoms with van der Waals surface area (Å²) >= 11 is 1.30. The molecule has 1 atom stereocenters. The summed E-state index contributed by atoms with van der Waals surface area (Å²) in [7, 11) is 0. The van der Waals surface area contributed by atoms with E-state index < -0.39 is 6.04 Å². The first-order valence-electron chi connectivity index (χ1n) is 7.78. The van der Waals surface area contributed by atoms with Crippen molar-refractivity contribution in [3.05, 3.63) is 66.1 Å². The lowest BCUT2D eigenvalue weighted by molar-refractivity contribution is -0.119. The first-order valence-corrected chi connectivity index (χ1v) is 8.77. The molecule has 0 aliphatic heterocycles. The average molecular weight is 375 g/mol. The number of hydrogen-bond donors (Lipinski definition) is 1. The van der Waals surface area contributed by atoms with E-state index in [0.29, 0.717) is 11.4 Å². The third kappa shape index (κ3) is 4.66. The van der Waals surface area contributed by atoms with Crippen molar-refractivity contribution < 1.29 is 18.1 Å². The Balaban J connectivity index is 1.55. The van der Waals surface area contributed by atoms with Crippen molar-refractivity contribution in [3.8, 4) is 11.4 Å². The molecule has 1 amide bonds. The van der Waals surface area contributed by atoms with Gasteiger partial charge in [0.15, 0.2) is 0 Å². The lowest BCUT2D eigenvalue weighted by atomic mass is 10.2. The molecule has 3 aromatic rings. The number of nitrogens with one attached hydrogen (secondary N) is 1. The largest absolute Gasteiger partial charge is 0.344 e. The summed E-state index contributed by atoms with van der Waals surface area (Å²) in [5.74, 6) is -0.133. The van der Waals surface area contributed by atoms with Crippen LogP contribution in [0.1, 0.15) is 18.9 Å². The minimum Gasteiger partial charge on any atom is -0.344 e. The molecule has 5 nitrogen and oxygen atoms in total. The van der Waals surface area contributed by atoms with Crippen LogP contribution in [0.25, 0.3) is 11.4 Å². The highest BCUT2D eigenvalue weighted by Crippen LogP contribution is 2.20. The van der Waals surface area contributed by atoms with Crippen LogP contribution in [0.2, 0.25) is 0 Å². The molecule has 1 aromatic heterocycles. The van der Waals surface area contributed by atoms with Crippen molar-refractivity contribution in [2.24, 2.45) is 0 Å². The Morgan fingerprint density at radius 1 is 1.12 bits per heavy atom. The molecule has 0 saturated heterocycles. The Kier molecular flexibility index (Phi) is 5.62. The van der Waals surface area contributed by atoms with Gasteiger partial charge >= 0.3 is 0 Å². The first kappa shape index (κ1) is 18.1. The molecule has 8 heteroatoms. The number of benzene rings is 2. The van der Waals surface area contributed by atoms with Gasteiger partial charge in [-0.25, -0.2) is 8.78 Å². The number of halogens is 2. The minimum atomic E-state index is -0.474. The van der Waals surface area contributed by atoms with E-state index in [0.717, 1.165) is 4.90 Å². The molecular weight excluding hydrogens is 360 g/mol. The van der Waals surface area contributed by atoms with Gasteiger partial charge in [0.25, 0.3) is 0 Å². The summed E-state index contributed by atoms with van der Waals surface area (Å²) in [5.41, 5.74) is 0.617. The molecule has 0 spiro atoms. The lowest BCUT2D eigenvalue weighted by Crippen LogP contribution is -2.28. The molecule has 0 aliphatic rings. The van der Waals surface area contributed by atoms with E-state index in [1.807, 2.05) is 0 Å². The van der Waals surface area contributed by atoms with Crippen molar-refractivity contribution in [3.63, 3.8) is 0 Å². The van der Waals surface area contributed by atoms with Gasteiger partial charge in [-0.05, 0) is 55.5 Å². The van der Waals surface area contributed by atoms with Crippen LogP contribution >= 0.6 is 11.8 Å². The molecule has 1 N–H and O–H groups in total. The summed E-state index contributed by atoms with van der Waals surface area (Å²) in [6.07, 6.45) is 0. The summed E-state index contributed by atoms with van der Waals surface area (Å²) in [4.78, 5) is 17.1. The number of carbonyl (C=O) groups is 1. The fourth-order valence-electron chi connectivity index (χ4n) is 2.15. The molecule has 0 aliphatic carbocycles. The van der Waals surface area contributed by atoms with Crippen LogP contribution in [0.15, 0.2) is 57.9 Å². The van der Waals surface area contributed by atoms with Gasteiger partial charge in [0.05, 0.1) is 5.75 Å². The van der Waals surface area contributed by atoms with Gasteiger partial charge in [-0.1, -0.05) is 5.16 Å². The average Bonchev–Trinajstić information content (AvgIpc) is 3.12. The van der Waals surface area contributed by atoms with E-state index in [4.69, 9.17) is 4.52 Å². The van der Waals surface area contributed by atoms with Crippen LogP contribution in [0.4, 0.5) is 8.78 Å². The topological polar surface area (TPSA) is 68.0 Å². The standard InChI is InChI=1S/C18H15F2N3O2S/c1-11(21-16(24)10-26-15-8-6-14(20)7-9-15)18-22-17(23-25-18)12-2-4-13(19)5-3-12/h2-9,11H,10H2,1H3,(H,21,24)/t11-/m0/s1. The molecule has 0 bridgehead atoms. The highest BCUT2D eigenvalue weighted by atomic mass is 32.2. The van der Waals surface area contributed by atoms with Crippen LogP contribution < -0.4 is 5.32 Å². The van der Waals surface area contributed by atoms with Crippen LogP contribution in [0.3, 0.4) is 0 Å². The van der Waals surface area contributed by atoms with Crippen molar-refractivity contribution in [1.82, 2.24) is 15.5 Å². The van der Waals surface area contributed by atoms with Crippen LogP contribution in [0, 0.1) is 11.6 Å². The molecule has 0 unspecified atom stereocenters. The van der Waals surface area contributed by atoms with E-state index in [1.165, 1.54) is 36.0 Å². The monoisotopic (exact) mass is 375 g/mol. The predicted octanol–water partition coefficient (Wildman–Crippen LogP) is 3.98. The van der Waals surface area contributed by atoms with Crippen LogP contribution in [0.5, 0.6) is 0 Å². The molecule has 0 saturated carbocycles. The first-order chi connectivity index (χ1) is 12.5. The van der Waals surface area contributed by atoms with Gasteiger partial charge in [0.2, 0.25) is 17.6 Å². The number of carbonyl (C=O) groups excluding carboxylic acids is 1. The third-order valence-corrected chi connectivity index (χ3v) is 4.49. The molecule has 2 aromatic carbocycles. The quantitative estimate of drug-likeness (QED) is 0.660. The summed E-state index contributed by atoms with van der Waals surface area (Å²) < 4.78 is 31.0. The normalized spacial score (nSPS) is 12.0. The molecule has 3 rings (SSSR count). The second-order valence-electron chi connectivity index (χ2n) is 5.49. The van der Waals surface area contributed by atoms with E-state index in [9.17, 15) is 13.6 Å². The fourth-order valence-corrected chi connectivity index (χ4v) is 2.86. The Morgan fingerprint density at radius 2 is 1.73 bits per heavy atom. The number of aromatic nitrogens is 2. The van der Waals surface area contributed by atoms with Crippen LogP contribution in [-0.4, -0.2) is 21.8 Å². The highest BCUT2D eigenvalue weighted by Gasteiger charge is 2.17. The second-order valence-corrected chi connectivity index (χ2v) is 6.54. The van der Waals surface area contributed by atoms with E-state index >= 15 is 0 Å². The van der Waals surface area contributed by atoms with Crippen molar-refractivity contribution >= 4 is 17.7 Å². The lowest BCUT2D eigenvalue weighted by Gasteiger charge is -2.09. The minimum absolute atomic E-state index is 0.176. The zero-order chi connectivity index (χ0) is 18.5. The molecular formula is C18H15F2N3O2S.